The van der Waals surface area contributed by atoms with Gasteiger partial charge in [-0.15, -0.1) is 11.3 Å². The second kappa shape index (κ2) is 12.7. The first-order valence-electron chi connectivity index (χ1n) is 10.3. The third kappa shape index (κ3) is 7.36. The van der Waals surface area contributed by atoms with E-state index >= 15 is 0 Å². The van der Waals surface area contributed by atoms with Gasteiger partial charge in [-0.2, -0.15) is 0 Å². The monoisotopic (exact) mass is 474 g/mol. The first kappa shape index (κ1) is 25.9. The number of aliphatic imine (C=N–C) groups is 1. The molecular formula is C22H30N6O4S. The Kier molecular flexibility index (Phi) is 9.95. The van der Waals surface area contributed by atoms with E-state index in [4.69, 9.17) is 4.74 Å². The SMILES string of the molecule is C=N/C(=C(/C(=O)N(C)CCCO)N(COc1cncc(C)c1)Cc1nc(C)cs1)N(C)C=O. The summed E-state index contributed by atoms with van der Waals surface area (Å²) in [5.41, 5.74) is 1.93. The number of carbonyl (C=O) groups is 2. The van der Waals surface area contributed by atoms with E-state index in [0.717, 1.165) is 16.3 Å². The molecule has 2 amide bonds. The molecule has 178 valence electrons. The molecule has 10 nitrogen and oxygen atoms in total. The Morgan fingerprint density at radius 2 is 2.09 bits per heavy atom. The van der Waals surface area contributed by atoms with Gasteiger partial charge in [-0.05, 0) is 38.6 Å². The van der Waals surface area contributed by atoms with E-state index in [2.05, 4.69) is 21.7 Å². The van der Waals surface area contributed by atoms with Crippen LogP contribution in [0.5, 0.6) is 5.75 Å². The van der Waals surface area contributed by atoms with E-state index in [1.54, 1.807) is 24.3 Å². The molecule has 0 aliphatic rings. The van der Waals surface area contributed by atoms with Gasteiger partial charge >= 0.3 is 0 Å². The minimum absolute atomic E-state index is 0.0234. The number of ether oxygens (including phenoxy) is 1. The molecule has 0 aliphatic carbocycles. The maximum atomic E-state index is 13.5. The summed E-state index contributed by atoms with van der Waals surface area (Å²) in [5, 5.41) is 11.9. The van der Waals surface area contributed by atoms with Crippen LogP contribution in [-0.2, 0) is 16.1 Å². The molecule has 0 fully saturated rings. The van der Waals surface area contributed by atoms with E-state index in [0.29, 0.717) is 25.1 Å². The molecule has 2 aromatic heterocycles. The number of carbonyl (C=O) groups excluding carboxylic acids is 2. The van der Waals surface area contributed by atoms with Crippen LogP contribution in [0.1, 0.15) is 22.7 Å². The summed E-state index contributed by atoms with van der Waals surface area (Å²) in [6.07, 6.45) is 4.27. The van der Waals surface area contributed by atoms with Crippen molar-refractivity contribution in [2.45, 2.75) is 26.8 Å². The molecule has 2 heterocycles. The predicted molar refractivity (Wildman–Crippen MR) is 127 cm³/mol. The van der Waals surface area contributed by atoms with Crippen LogP contribution < -0.4 is 4.74 Å². The molecule has 11 heteroatoms. The van der Waals surface area contributed by atoms with Gasteiger partial charge in [0.1, 0.15) is 16.5 Å². The Bertz CT molecular complexity index is 993. The van der Waals surface area contributed by atoms with Crippen molar-refractivity contribution >= 4 is 30.4 Å². The molecule has 33 heavy (non-hydrogen) atoms. The Morgan fingerprint density at radius 1 is 1.33 bits per heavy atom. The fourth-order valence-electron chi connectivity index (χ4n) is 2.95. The molecule has 2 rings (SSSR count). The normalized spacial score (nSPS) is 11.4. The minimum Gasteiger partial charge on any atom is -0.471 e. The average Bonchev–Trinajstić information content (AvgIpc) is 3.22. The highest BCUT2D eigenvalue weighted by atomic mass is 32.1. The predicted octanol–water partition coefficient (Wildman–Crippen LogP) is 1.79. The van der Waals surface area contributed by atoms with Crippen LogP contribution >= 0.6 is 11.3 Å². The number of likely N-dealkylation sites (N-methyl/N-ethyl adjacent to an activating group) is 1. The number of rotatable bonds is 13. The molecule has 0 aromatic carbocycles. The van der Waals surface area contributed by atoms with Gasteiger partial charge in [0.05, 0.1) is 12.7 Å². The van der Waals surface area contributed by atoms with E-state index in [9.17, 15) is 14.7 Å². The fourth-order valence-corrected chi connectivity index (χ4v) is 3.74. The number of aliphatic hydroxyl groups excluding tert-OH is 1. The van der Waals surface area contributed by atoms with Crippen molar-refractivity contribution in [3.63, 3.8) is 0 Å². The molecular weight excluding hydrogens is 444 g/mol. The van der Waals surface area contributed by atoms with Gasteiger partial charge in [-0.3, -0.25) is 14.6 Å². The Labute approximate surface area is 197 Å². The summed E-state index contributed by atoms with van der Waals surface area (Å²) in [6, 6.07) is 1.83. The van der Waals surface area contributed by atoms with Gasteiger partial charge in [0.15, 0.2) is 12.6 Å². The fraction of sp³-hybridized carbons (Fsp3) is 0.409. The lowest BCUT2D eigenvalue weighted by atomic mass is 10.3. The second-order valence-electron chi connectivity index (χ2n) is 7.40. The van der Waals surface area contributed by atoms with E-state index < -0.39 is 5.91 Å². The highest BCUT2D eigenvalue weighted by molar-refractivity contribution is 7.09. The summed E-state index contributed by atoms with van der Waals surface area (Å²) < 4.78 is 5.95. The van der Waals surface area contributed by atoms with Crippen molar-refractivity contribution in [1.82, 2.24) is 24.7 Å². The number of hydrogen-bond donors (Lipinski definition) is 1. The number of thiazole rings is 1. The van der Waals surface area contributed by atoms with E-state index in [1.807, 2.05) is 25.3 Å². The van der Waals surface area contributed by atoms with E-state index in [1.165, 1.54) is 28.2 Å². The summed E-state index contributed by atoms with van der Waals surface area (Å²) in [5.74, 6) is 0.233. The third-order valence-electron chi connectivity index (χ3n) is 4.60. The minimum atomic E-state index is -0.390. The number of nitrogens with zero attached hydrogens (tertiary/aromatic N) is 6. The zero-order valence-electron chi connectivity index (χ0n) is 19.4. The largest absolute Gasteiger partial charge is 0.471 e. The van der Waals surface area contributed by atoms with Crippen LogP contribution in [0.3, 0.4) is 0 Å². The molecule has 0 spiro atoms. The molecule has 0 atom stereocenters. The topological polar surface area (TPSA) is 111 Å². The molecule has 0 aliphatic heterocycles. The third-order valence-corrected chi connectivity index (χ3v) is 5.55. The zero-order chi connectivity index (χ0) is 24.4. The smallest absolute Gasteiger partial charge is 0.273 e. The molecule has 0 radical (unpaired) electrons. The van der Waals surface area contributed by atoms with Gasteiger partial charge < -0.3 is 24.5 Å². The summed E-state index contributed by atoms with van der Waals surface area (Å²) in [6.45, 7) is 7.85. The van der Waals surface area contributed by atoms with Gasteiger partial charge in [0.25, 0.3) is 5.91 Å². The van der Waals surface area contributed by atoms with Crippen LogP contribution in [0.15, 0.2) is 40.4 Å². The van der Waals surface area contributed by atoms with Crippen molar-refractivity contribution in [3.8, 4) is 5.75 Å². The zero-order valence-corrected chi connectivity index (χ0v) is 20.2. The second-order valence-corrected chi connectivity index (χ2v) is 8.35. The number of aromatic nitrogens is 2. The molecule has 0 bridgehead atoms. The number of amides is 2. The van der Waals surface area contributed by atoms with Crippen LogP contribution in [0.25, 0.3) is 0 Å². The lowest BCUT2D eigenvalue weighted by Crippen LogP contribution is -2.41. The van der Waals surface area contributed by atoms with Crippen LogP contribution in [-0.4, -0.2) is 82.8 Å². The number of aryl methyl sites for hydroxylation is 2. The molecule has 1 N–H and O–H groups in total. The van der Waals surface area contributed by atoms with Gasteiger partial charge in [-0.25, -0.2) is 9.98 Å². The van der Waals surface area contributed by atoms with Crippen LogP contribution in [0, 0.1) is 13.8 Å². The Morgan fingerprint density at radius 3 is 2.67 bits per heavy atom. The van der Waals surface area contributed by atoms with Gasteiger partial charge in [0, 0.05) is 44.5 Å². The van der Waals surface area contributed by atoms with Crippen molar-refractivity contribution < 1.29 is 19.4 Å². The highest BCUT2D eigenvalue weighted by Crippen LogP contribution is 2.22. The van der Waals surface area contributed by atoms with Crippen LogP contribution in [0.4, 0.5) is 0 Å². The Balaban J connectivity index is 2.51. The maximum Gasteiger partial charge on any atom is 0.273 e. The lowest BCUT2D eigenvalue weighted by molar-refractivity contribution is -0.128. The quantitative estimate of drug-likeness (QED) is 0.204. The molecule has 0 unspecified atom stereocenters. The van der Waals surface area contributed by atoms with Gasteiger partial charge in [-0.1, -0.05) is 0 Å². The first-order chi connectivity index (χ1) is 15.8. The molecule has 2 aromatic rings. The van der Waals surface area contributed by atoms with Crippen molar-refractivity contribution in [3.05, 3.63) is 51.6 Å². The summed E-state index contributed by atoms with van der Waals surface area (Å²) in [4.78, 5) is 42.0. The number of hydrogen-bond acceptors (Lipinski definition) is 9. The van der Waals surface area contributed by atoms with Crippen molar-refractivity contribution in [2.24, 2.45) is 4.99 Å². The number of pyridine rings is 1. The molecule has 0 saturated heterocycles. The molecule has 0 saturated carbocycles. The number of aliphatic hydroxyl groups is 1. The first-order valence-corrected chi connectivity index (χ1v) is 11.1. The van der Waals surface area contributed by atoms with Gasteiger partial charge in [0.2, 0.25) is 6.41 Å². The Hall–Kier alpha value is -3.31. The highest BCUT2D eigenvalue weighted by Gasteiger charge is 2.28. The van der Waals surface area contributed by atoms with Crippen molar-refractivity contribution in [2.75, 3.05) is 34.0 Å². The lowest BCUT2D eigenvalue weighted by Gasteiger charge is -2.31. The average molecular weight is 475 g/mol. The summed E-state index contributed by atoms with van der Waals surface area (Å²) >= 11 is 1.46. The summed E-state index contributed by atoms with van der Waals surface area (Å²) in [7, 11) is 3.12. The standard InChI is InChI=1S/C22H30N6O4S/c1-16-9-18(11-24-10-16)32-15-28(12-19-25-17(2)13-33-19)20(21(23-3)27(5)14-30)22(31)26(4)7-6-8-29/h9-11,13-14,29H,3,6-8,12,15H2,1-2,4-5H3/b21-20+. The van der Waals surface area contributed by atoms with E-state index in [-0.39, 0.29) is 31.4 Å². The van der Waals surface area contributed by atoms with Crippen LogP contribution in [0.2, 0.25) is 0 Å². The maximum absolute atomic E-state index is 13.5. The van der Waals surface area contributed by atoms with Crippen molar-refractivity contribution in [1.29, 1.82) is 0 Å².